The molecule has 0 rings (SSSR count). The summed E-state index contributed by atoms with van der Waals surface area (Å²) in [6, 6.07) is 1.76. The fraction of sp³-hybridized carbons (Fsp3) is 0.667. The number of thiocarbonyl (C=S) groups is 1. The Morgan fingerprint density at radius 1 is 1.73 bits per heavy atom. The number of nitrogens with zero attached hydrogens (tertiary/aromatic N) is 1. The van der Waals surface area contributed by atoms with E-state index in [0.717, 1.165) is 9.95 Å². The Balaban J connectivity index is 4.38. The van der Waals surface area contributed by atoms with E-state index in [9.17, 15) is 4.79 Å². The van der Waals surface area contributed by atoms with Crippen LogP contribution in [0, 0.1) is 23.2 Å². The number of carboxylic acid groups (broad SMARTS) is 1. The second kappa shape index (κ2) is 7.97. The van der Waals surface area contributed by atoms with Crippen molar-refractivity contribution in [2.45, 2.75) is 13.3 Å². The van der Waals surface area contributed by atoms with Crippen molar-refractivity contribution in [1.29, 1.82) is 5.26 Å². The number of aliphatic carboxylic acids is 1. The Labute approximate surface area is 105 Å². The first-order valence-corrected chi connectivity index (χ1v) is 6.49. The molecule has 0 radical (unpaired) electrons. The van der Waals surface area contributed by atoms with Gasteiger partial charge in [-0.1, -0.05) is 19.1 Å². The lowest BCUT2D eigenvalue weighted by Gasteiger charge is -2.15. The average Bonchev–Trinajstić information content (AvgIpc) is 2.19. The number of nitriles is 1. The molecular weight excluding hydrogens is 250 g/mol. The van der Waals surface area contributed by atoms with E-state index in [1.54, 1.807) is 6.07 Å². The van der Waals surface area contributed by atoms with Gasteiger partial charge in [0.15, 0.2) is 0 Å². The molecule has 0 aliphatic carbocycles. The van der Waals surface area contributed by atoms with Crippen LogP contribution in [0.5, 0.6) is 0 Å². The highest BCUT2D eigenvalue weighted by Crippen LogP contribution is 2.22. The standard InChI is InChI=1S/C9H13NO2S3/c1-2-15-9(14)7(5-13)3-6(4-10)8(11)12/h6-7,13H,2-3,5H2,1H3,(H,11,12). The van der Waals surface area contributed by atoms with Crippen LogP contribution in [-0.4, -0.2) is 26.8 Å². The molecule has 0 spiro atoms. The maximum atomic E-state index is 10.7. The van der Waals surface area contributed by atoms with Crippen molar-refractivity contribution in [3.05, 3.63) is 0 Å². The molecule has 6 heteroatoms. The normalized spacial score (nSPS) is 13.9. The number of thioether (sulfide) groups is 1. The zero-order chi connectivity index (χ0) is 11.8. The number of hydrogen-bond donors (Lipinski definition) is 2. The van der Waals surface area contributed by atoms with E-state index in [1.165, 1.54) is 11.8 Å². The van der Waals surface area contributed by atoms with Crippen molar-refractivity contribution < 1.29 is 9.90 Å². The van der Waals surface area contributed by atoms with E-state index < -0.39 is 11.9 Å². The maximum absolute atomic E-state index is 10.7. The lowest BCUT2D eigenvalue weighted by molar-refractivity contribution is -0.140. The Morgan fingerprint density at radius 2 is 2.33 bits per heavy atom. The molecule has 0 aromatic rings. The third-order valence-corrected chi connectivity index (χ3v) is 3.85. The summed E-state index contributed by atoms with van der Waals surface area (Å²) in [4.78, 5) is 10.7. The fourth-order valence-corrected chi connectivity index (χ4v) is 2.81. The van der Waals surface area contributed by atoms with Crippen LogP contribution in [0.25, 0.3) is 0 Å². The van der Waals surface area contributed by atoms with Crippen LogP contribution in [-0.2, 0) is 4.79 Å². The molecule has 0 heterocycles. The van der Waals surface area contributed by atoms with Crippen molar-refractivity contribution in [2.75, 3.05) is 11.5 Å². The highest BCUT2D eigenvalue weighted by molar-refractivity contribution is 8.23. The summed E-state index contributed by atoms with van der Waals surface area (Å²) in [5, 5.41) is 17.4. The topological polar surface area (TPSA) is 61.1 Å². The molecule has 0 saturated carbocycles. The molecule has 0 aliphatic rings. The van der Waals surface area contributed by atoms with Crippen molar-refractivity contribution >= 4 is 46.8 Å². The predicted octanol–water partition coefficient (Wildman–Crippen LogP) is 2.23. The van der Waals surface area contributed by atoms with Crippen molar-refractivity contribution in [3.8, 4) is 6.07 Å². The van der Waals surface area contributed by atoms with E-state index in [1.807, 2.05) is 6.92 Å². The van der Waals surface area contributed by atoms with E-state index >= 15 is 0 Å². The van der Waals surface area contributed by atoms with Gasteiger partial charge in [-0.2, -0.15) is 17.9 Å². The van der Waals surface area contributed by atoms with E-state index in [2.05, 4.69) is 12.6 Å². The summed E-state index contributed by atoms with van der Waals surface area (Å²) >= 11 is 10.8. The molecule has 0 aliphatic heterocycles. The molecule has 15 heavy (non-hydrogen) atoms. The molecule has 0 aromatic carbocycles. The minimum absolute atomic E-state index is 0.0889. The fourth-order valence-electron chi connectivity index (χ4n) is 0.999. The van der Waals surface area contributed by atoms with Crippen LogP contribution in [0.15, 0.2) is 0 Å². The lowest BCUT2D eigenvalue weighted by Crippen LogP contribution is -2.21. The van der Waals surface area contributed by atoms with Crippen LogP contribution in [0.2, 0.25) is 0 Å². The minimum Gasteiger partial charge on any atom is -0.480 e. The van der Waals surface area contributed by atoms with Gasteiger partial charge in [-0.25, -0.2) is 0 Å². The molecule has 0 bridgehead atoms. The second-order valence-corrected chi connectivity index (χ2v) is 5.26. The van der Waals surface area contributed by atoms with E-state index in [0.29, 0.717) is 5.75 Å². The zero-order valence-electron chi connectivity index (χ0n) is 8.34. The van der Waals surface area contributed by atoms with Gasteiger partial charge < -0.3 is 5.11 Å². The van der Waals surface area contributed by atoms with Gasteiger partial charge in [-0.15, -0.1) is 11.8 Å². The second-order valence-electron chi connectivity index (χ2n) is 2.89. The predicted molar refractivity (Wildman–Crippen MR) is 69.4 cm³/mol. The third-order valence-electron chi connectivity index (χ3n) is 1.81. The molecular formula is C9H13NO2S3. The Morgan fingerprint density at radius 3 is 2.67 bits per heavy atom. The van der Waals surface area contributed by atoms with Crippen LogP contribution in [0.4, 0.5) is 0 Å². The first-order chi connectivity index (χ1) is 7.06. The first-order valence-electron chi connectivity index (χ1n) is 4.46. The first kappa shape index (κ1) is 14.8. The Hall–Kier alpha value is -0.250. The van der Waals surface area contributed by atoms with Crippen molar-refractivity contribution in [3.63, 3.8) is 0 Å². The highest BCUT2D eigenvalue weighted by atomic mass is 32.2. The van der Waals surface area contributed by atoms with Gasteiger partial charge in [0.05, 0.1) is 10.3 Å². The van der Waals surface area contributed by atoms with Gasteiger partial charge in [0.1, 0.15) is 5.92 Å². The van der Waals surface area contributed by atoms with Crippen LogP contribution in [0.1, 0.15) is 13.3 Å². The Kier molecular flexibility index (Phi) is 7.83. The average molecular weight is 263 g/mol. The quantitative estimate of drug-likeness (QED) is 0.568. The van der Waals surface area contributed by atoms with Gasteiger partial charge in [0.2, 0.25) is 0 Å². The van der Waals surface area contributed by atoms with E-state index in [-0.39, 0.29) is 12.3 Å². The molecule has 0 fully saturated rings. The number of rotatable bonds is 6. The van der Waals surface area contributed by atoms with Gasteiger partial charge in [0, 0.05) is 5.92 Å². The molecule has 0 aromatic heterocycles. The summed E-state index contributed by atoms with van der Waals surface area (Å²) < 4.78 is 0.744. The van der Waals surface area contributed by atoms with Gasteiger partial charge >= 0.3 is 5.97 Å². The highest BCUT2D eigenvalue weighted by Gasteiger charge is 2.23. The largest absolute Gasteiger partial charge is 0.480 e. The molecule has 0 amide bonds. The number of thiol groups is 1. The van der Waals surface area contributed by atoms with Crippen LogP contribution < -0.4 is 0 Å². The van der Waals surface area contributed by atoms with E-state index in [4.69, 9.17) is 22.6 Å². The smallest absolute Gasteiger partial charge is 0.320 e. The van der Waals surface area contributed by atoms with Crippen molar-refractivity contribution in [1.82, 2.24) is 0 Å². The van der Waals surface area contributed by atoms with Crippen molar-refractivity contribution in [2.24, 2.45) is 11.8 Å². The van der Waals surface area contributed by atoms with Gasteiger partial charge in [-0.05, 0) is 17.9 Å². The summed E-state index contributed by atoms with van der Waals surface area (Å²) in [7, 11) is 0. The Bertz CT molecular complexity index is 275. The van der Waals surface area contributed by atoms with Gasteiger partial charge in [0.25, 0.3) is 0 Å². The molecule has 3 nitrogen and oxygen atoms in total. The summed E-state index contributed by atoms with van der Waals surface area (Å²) in [6.07, 6.45) is 0.251. The molecule has 0 saturated heterocycles. The van der Waals surface area contributed by atoms with Crippen LogP contribution >= 0.6 is 36.6 Å². The molecule has 1 N–H and O–H groups in total. The number of carbonyl (C=O) groups is 1. The third kappa shape index (κ3) is 5.40. The summed E-state index contributed by atoms with van der Waals surface area (Å²) in [5.74, 6) is -0.829. The monoisotopic (exact) mass is 263 g/mol. The van der Waals surface area contributed by atoms with Gasteiger partial charge in [-0.3, -0.25) is 4.79 Å². The van der Waals surface area contributed by atoms with Crippen LogP contribution in [0.3, 0.4) is 0 Å². The molecule has 84 valence electrons. The number of hydrogen-bond acceptors (Lipinski definition) is 5. The SMILES string of the molecule is CCSC(=S)C(CS)CC(C#N)C(=O)O. The minimum atomic E-state index is -1.09. The summed E-state index contributed by atoms with van der Waals surface area (Å²) in [6.45, 7) is 1.98. The maximum Gasteiger partial charge on any atom is 0.320 e. The lowest BCUT2D eigenvalue weighted by atomic mass is 9.98. The summed E-state index contributed by atoms with van der Waals surface area (Å²) in [5.41, 5.74) is 0. The molecule has 2 atom stereocenters. The number of carboxylic acids is 1. The molecule has 2 unspecified atom stereocenters. The zero-order valence-corrected chi connectivity index (χ0v) is 10.9.